The summed E-state index contributed by atoms with van der Waals surface area (Å²) in [6, 6.07) is 7.76. The lowest BCUT2D eigenvalue weighted by Crippen LogP contribution is -2.16. The van der Waals surface area contributed by atoms with Crippen molar-refractivity contribution in [3.63, 3.8) is 0 Å². The number of carboxylic acids is 1. The van der Waals surface area contributed by atoms with E-state index in [0.29, 0.717) is 0 Å². The summed E-state index contributed by atoms with van der Waals surface area (Å²) in [5.74, 6) is -0.113. The number of aliphatic carboxylic acids is 1. The van der Waals surface area contributed by atoms with Crippen molar-refractivity contribution >= 4 is 17.7 Å². The Kier molecular flexibility index (Phi) is 6.08. The van der Waals surface area contributed by atoms with Gasteiger partial charge in [-0.3, -0.25) is 4.79 Å². The van der Waals surface area contributed by atoms with Crippen LogP contribution in [0.1, 0.15) is 24.0 Å². The van der Waals surface area contributed by atoms with Crippen molar-refractivity contribution in [1.82, 2.24) is 5.32 Å². The highest BCUT2D eigenvalue weighted by molar-refractivity contribution is 7.98. The average molecular weight is 253 g/mol. The van der Waals surface area contributed by atoms with Crippen LogP contribution in [0.5, 0.6) is 0 Å². The van der Waals surface area contributed by atoms with Crippen molar-refractivity contribution in [2.24, 2.45) is 0 Å². The van der Waals surface area contributed by atoms with Gasteiger partial charge >= 0.3 is 5.97 Å². The third-order valence-electron chi connectivity index (χ3n) is 2.66. The summed E-state index contributed by atoms with van der Waals surface area (Å²) in [5.41, 5.74) is 2.04. The van der Waals surface area contributed by atoms with Crippen molar-refractivity contribution in [3.05, 3.63) is 35.4 Å². The van der Waals surface area contributed by atoms with Crippen molar-refractivity contribution in [3.8, 4) is 0 Å². The molecule has 0 bridgehead atoms. The number of thioether (sulfide) groups is 1. The van der Waals surface area contributed by atoms with Crippen LogP contribution in [-0.4, -0.2) is 29.6 Å². The molecule has 0 saturated heterocycles. The van der Waals surface area contributed by atoms with Gasteiger partial charge in [-0.25, -0.2) is 0 Å². The fourth-order valence-electron chi connectivity index (χ4n) is 1.47. The number of carboxylic acid groups (broad SMARTS) is 1. The fourth-order valence-corrected chi connectivity index (χ4v) is 1.82. The molecule has 1 atom stereocenters. The Bertz CT molecular complexity index is 351. The molecular formula is C13H19NO2S. The van der Waals surface area contributed by atoms with E-state index in [1.165, 1.54) is 5.56 Å². The van der Waals surface area contributed by atoms with Crippen LogP contribution in [0.3, 0.4) is 0 Å². The van der Waals surface area contributed by atoms with E-state index in [-0.39, 0.29) is 0 Å². The van der Waals surface area contributed by atoms with E-state index in [1.807, 2.05) is 36.0 Å². The van der Waals surface area contributed by atoms with Crippen LogP contribution < -0.4 is 5.32 Å². The van der Waals surface area contributed by atoms with Crippen molar-refractivity contribution in [2.75, 3.05) is 18.6 Å². The van der Waals surface area contributed by atoms with Gasteiger partial charge in [-0.1, -0.05) is 24.3 Å². The first-order chi connectivity index (χ1) is 8.15. The number of hydrogen-bond acceptors (Lipinski definition) is 3. The predicted octanol–water partition coefficient (Wildman–Crippen LogP) is 2.33. The van der Waals surface area contributed by atoms with Gasteiger partial charge in [-0.05, 0) is 24.3 Å². The van der Waals surface area contributed by atoms with E-state index in [0.717, 1.165) is 24.4 Å². The molecule has 0 aromatic heterocycles. The topological polar surface area (TPSA) is 49.3 Å². The lowest BCUT2D eigenvalue weighted by molar-refractivity contribution is -0.138. The first-order valence-corrected chi connectivity index (χ1v) is 7.06. The zero-order valence-electron chi connectivity index (χ0n) is 10.3. The summed E-state index contributed by atoms with van der Waals surface area (Å²) < 4.78 is 0. The number of carbonyl (C=O) groups is 1. The number of benzene rings is 1. The average Bonchev–Trinajstić information content (AvgIpc) is 2.34. The molecule has 0 aliphatic heterocycles. The Morgan fingerprint density at radius 1 is 1.41 bits per heavy atom. The minimum Gasteiger partial charge on any atom is -0.481 e. The van der Waals surface area contributed by atoms with Gasteiger partial charge in [-0.15, -0.1) is 0 Å². The highest BCUT2D eigenvalue weighted by atomic mass is 32.2. The van der Waals surface area contributed by atoms with Gasteiger partial charge in [0, 0.05) is 18.8 Å². The van der Waals surface area contributed by atoms with E-state index in [1.54, 1.807) is 6.92 Å². The van der Waals surface area contributed by atoms with Gasteiger partial charge in [0.1, 0.15) is 0 Å². The first-order valence-electron chi connectivity index (χ1n) is 5.66. The van der Waals surface area contributed by atoms with E-state index in [4.69, 9.17) is 5.11 Å². The second-order valence-electron chi connectivity index (χ2n) is 3.97. The molecule has 0 spiro atoms. The first kappa shape index (κ1) is 14.1. The standard InChI is InChI=1S/C13H19NO2S/c1-10(13(15)16)12-5-3-11(4-6-12)9-14-7-8-17-2/h3-6,10,14H,7-9H2,1-2H3,(H,15,16). The van der Waals surface area contributed by atoms with Gasteiger partial charge in [-0.2, -0.15) is 11.8 Å². The molecule has 0 aliphatic rings. The van der Waals surface area contributed by atoms with Gasteiger partial charge in [0.25, 0.3) is 0 Å². The van der Waals surface area contributed by atoms with E-state index in [2.05, 4.69) is 11.6 Å². The van der Waals surface area contributed by atoms with Gasteiger partial charge in [0.05, 0.1) is 5.92 Å². The maximum absolute atomic E-state index is 10.8. The SMILES string of the molecule is CSCCNCc1ccc(C(C)C(=O)O)cc1. The van der Waals surface area contributed by atoms with Crippen LogP contribution in [0, 0.1) is 0 Å². The molecule has 94 valence electrons. The molecule has 0 radical (unpaired) electrons. The van der Waals surface area contributed by atoms with Gasteiger partial charge in [0.15, 0.2) is 0 Å². The van der Waals surface area contributed by atoms with E-state index < -0.39 is 11.9 Å². The molecule has 1 aromatic carbocycles. The molecular weight excluding hydrogens is 234 g/mol. The second-order valence-corrected chi connectivity index (χ2v) is 4.96. The number of nitrogens with one attached hydrogen (secondary N) is 1. The van der Waals surface area contributed by atoms with E-state index in [9.17, 15) is 4.79 Å². The summed E-state index contributed by atoms with van der Waals surface area (Å²) in [6.45, 7) is 3.53. The quantitative estimate of drug-likeness (QED) is 0.732. The van der Waals surface area contributed by atoms with Crippen LogP contribution >= 0.6 is 11.8 Å². The second kappa shape index (κ2) is 7.35. The molecule has 0 aliphatic carbocycles. The molecule has 0 saturated carbocycles. The Morgan fingerprint density at radius 2 is 2.06 bits per heavy atom. The number of rotatable bonds is 7. The molecule has 0 amide bonds. The van der Waals surface area contributed by atoms with Crippen LogP contribution in [0.4, 0.5) is 0 Å². The Labute approximate surface area is 107 Å². The van der Waals surface area contributed by atoms with Crippen LogP contribution in [0.25, 0.3) is 0 Å². The van der Waals surface area contributed by atoms with Crippen molar-refractivity contribution < 1.29 is 9.90 Å². The number of hydrogen-bond donors (Lipinski definition) is 2. The minimum absolute atomic E-state index is 0.437. The summed E-state index contributed by atoms with van der Waals surface area (Å²) in [6.07, 6.45) is 2.09. The summed E-state index contributed by atoms with van der Waals surface area (Å²) in [7, 11) is 0. The predicted molar refractivity (Wildman–Crippen MR) is 72.6 cm³/mol. The lowest BCUT2D eigenvalue weighted by atomic mass is 10.0. The summed E-state index contributed by atoms with van der Waals surface area (Å²) in [4.78, 5) is 10.8. The molecule has 3 nitrogen and oxygen atoms in total. The van der Waals surface area contributed by atoms with Crippen molar-refractivity contribution in [1.29, 1.82) is 0 Å². The fraction of sp³-hybridized carbons (Fsp3) is 0.462. The summed E-state index contributed by atoms with van der Waals surface area (Å²) in [5, 5.41) is 12.2. The molecule has 17 heavy (non-hydrogen) atoms. The molecule has 2 N–H and O–H groups in total. The summed E-state index contributed by atoms with van der Waals surface area (Å²) >= 11 is 1.82. The van der Waals surface area contributed by atoms with E-state index >= 15 is 0 Å². The molecule has 0 fully saturated rings. The van der Waals surface area contributed by atoms with Gasteiger partial charge < -0.3 is 10.4 Å². The zero-order chi connectivity index (χ0) is 12.7. The molecule has 1 aromatic rings. The minimum atomic E-state index is -0.782. The third-order valence-corrected chi connectivity index (χ3v) is 3.27. The third kappa shape index (κ3) is 4.79. The largest absolute Gasteiger partial charge is 0.481 e. The normalized spacial score (nSPS) is 12.4. The van der Waals surface area contributed by atoms with Crippen molar-refractivity contribution in [2.45, 2.75) is 19.4 Å². The molecule has 1 rings (SSSR count). The van der Waals surface area contributed by atoms with Crippen LogP contribution in [0.15, 0.2) is 24.3 Å². The Hall–Kier alpha value is -1.00. The zero-order valence-corrected chi connectivity index (χ0v) is 11.1. The van der Waals surface area contributed by atoms with Crippen LogP contribution in [0.2, 0.25) is 0 Å². The van der Waals surface area contributed by atoms with Gasteiger partial charge in [0.2, 0.25) is 0 Å². The highest BCUT2D eigenvalue weighted by Crippen LogP contribution is 2.15. The highest BCUT2D eigenvalue weighted by Gasteiger charge is 2.12. The maximum Gasteiger partial charge on any atom is 0.310 e. The Balaban J connectivity index is 2.47. The molecule has 4 heteroatoms. The monoisotopic (exact) mass is 253 g/mol. The lowest BCUT2D eigenvalue weighted by Gasteiger charge is -2.08. The molecule has 1 unspecified atom stereocenters. The Morgan fingerprint density at radius 3 is 2.59 bits per heavy atom. The molecule has 0 heterocycles. The van der Waals surface area contributed by atoms with Crippen LogP contribution in [-0.2, 0) is 11.3 Å². The smallest absolute Gasteiger partial charge is 0.310 e. The maximum atomic E-state index is 10.8.